The predicted octanol–water partition coefficient (Wildman–Crippen LogP) is -0.903. The molecule has 3 atom stereocenters. The molecule has 1 fully saturated rings. The fraction of sp³-hybridized carbons (Fsp3) is 0.583. The molecule has 2 N–H and O–H groups in total. The molecule has 1 aromatic rings. The van der Waals surface area contributed by atoms with Crippen LogP contribution in [0.1, 0.15) is 33.6 Å². The van der Waals surface area contributed by atoms with E-state index in [2.05, 4.69) is 14.5 Å². The number of ether oxygens (including phenoxy) is 3. The number of imidazole rings is 1. The molecular formula is C12H16N2O7. The quantitative estimate of drug-likeness (QED) is 0.686. The van der Waals surface area contributed by atoms with Crippen molar-refractivity contribution in [3.63, 3.8) is 0 Å². The Labute approximate surface area is 120 Å². The van der Waals surface area contributed by atoms with Crippen molar-refractivity contribution < 1.29 is 34.0 Å². The highest BCUT2D eigenvalue weighted by molar-refractivity contribution is 6.00. The minimum atomic E-state index is -0.880. The number of rotatable bonds is 4. The van der Waals surface area contributed by atoms with Gasteiger partial charge in [0.25, 0.3) is 0 Å². The average molecular weight is 300 g/mol. The fourth-order valence-electron chi connectivity index (χ4n) is 2.17. The Bertz CT molecular complexity index is 542. The van der Waals surface area contributed by atoms with Gasteiger partial charge in [-0.25, -0.2) is 14.6 Å². The van der Waals surface area contributed by atoms with Gasteiger partial charge in [-0.05, 0) is 0 Å². The van der Waals surface area contributed by atoms with E-state index in [1.807, 2.05) is 0 Å². The van der Waals surface area contributed by atoms with E-state index < -0.39 is 30.4 Å². The van der Waals surface area contributed by atoms with Crippen LogP contribution in [0.4, 0.5) is 0 Å². The van der Waals surface area contributed by atoms with Crippen LogP contribution in [0.2, 0.25) is 0 Å². The first-order valence-corrected chi connectivity index (χ1v) is 6.21. The molecule has 0 spiro atoms. The molecule has 2 heterocycles. The number of carbonyl (C=O) groups excluding carboxylic acids is 2. The Morgan fingerprint density at radius 1 is 1.43 bits per heavy atom. The summed E-state index contributed by atoms with van der Waals surface area (Å²) >= 11 is 0. The minimum absolute atomic E-state index is 0.125. The molecule has 1 aliphatic heterocycles. The molecule has 0 saturated carbocycles. The number of aliphatic hydroxyl groups excluding tert-OH is 2. The molecule has 0 aliphatic carbocycles. The van der Waals surface area contributed by atoms with E-state index in [-0.39, 0.29) is 24.4 Å². The summed E-state index contributed by atoms with van der Waals surface area (Å²) in [4.78, 5) is 27.3. The van der Waals surface area contributed by atoms with Crippen LogP contribution in [0.5, 0.6) is 0 Å². The van der Waals surface area contributed by atoms with Crippen molar-refractivity contribution in [3.05, 3.63) is 17.7 Å². The molecule has 116 valence electrons. The van der Waals surface area contributed by atoms with Gasteiger partial charge in [0, 0.05) is 6.42 Å². The van der Waals surface area contributed by atoms with Crippen molar-refractivity contribution in [3.8, 4) is 0 Å². The van der Waals surface area contributed by atoms with Gasteiger partial charge in [0.2, 0.25) is 0 Å². The number of aliphatic hydroxyl groups is 2. The van der Waals surface area contributed by atoms with Crippen LogP contribution in [0.3, 0.4) is 0 Å². The maximum Gasteiger partial charge on any atom is 0.359 e. The zero-order valence-corrected chi connectivity index (χ0v) is 11.6. The summed E-state index contributed by atoms with van der Waals surface area (Å²) in [5.74, 6) is -1.56. The summed E-state index contributed by atoms with van der Waals surface area (Å²) in [5, 5.41) is 18.8. The smallest absolute Gasteiger partial charge is 0.359 e. The van der Waals surface area contributed by atoms with Crippen molar-refractivity contribution in [1.82, 2.24) is 9.55 Å². The van der Waals surface area contributed by atoms with Crippen LogP contribution in [0.15, 0.2) is 6.33 Å². The number of aromatic nitrogens is 2. The zero-order chi connectivity index (χ0) is 15.6. The minimum Gasteiger partial charge on any atom is -0.464 e. The summed E-state index contributed by atoms with van der Waals surface area (Å²) in [5.41, 5.74) is -0.324. The van der Waals surface area contributed by atoms with Crippen molar-refractivity contribution in [2.75, 3.05) is 20.8 Å². The van der Waals surface area contributed by atoms with Crippen LogP contribution in [-0.4, -0.2) is 64.7 Å². The third-order valence-electron chi connectivity index (χ3n) is 3.25. The average Bonchev–Trinajstić information content (AvgIpc) is 3.08. The van der Waals surface area contributed by atoms with Crippen LogP contribution in [0, 0.1) is 0 Å². The Morgan fingerprint density at radius 3 is 2.62 bits per heavy atom. The standard InChI is InChI=1S/C12H16N2O7/c1-19-11(17)9-10(12(18)20-2)14(5-13-9)8-3-6(16)7(4-15)21-8/h5-8,15-16H,3-4H2,1-2H3/t6-,7+,8+/m1/s1. The lowest BCUT2D eigenvalue weighted by atomic mass is 10.2. The fourth-order valence-corrected chi connectivity index (χ4v) is 2.17. The molecule has 1 aliphatic rings. The number of carbonyl (C=O) groups is 2. The number of esters is 2. The molecule has 0 bridgehead atoms. The number of nitrogens with zero attached hydrogens (tertiary/aromatic N) is 2. The lowest BCUT2D eigenvalue weighted by Gasteiger charge is -2.15. The summed E-state index contributed by atoms with van der Waals surface area (Å²) in [6, 6.07) is 0. The summed E-state index contributed by atoms with van der Waals surface area (Å²) < 4.78 is 15.9. The van der Waals surface area contributed by atoms with E-state index in [0.717, 1.165) is 0 Å². The maximum absolute atomic E-state index is 11.9. The molecule has 9 heteroatoms. The van der Waals surface area contributed by atoms with Gasteiger partial charge in [0.05, 0.1) is 33.3 Å². The summed E-state index contributed by atoms with van der Waals surface area (Å²) in [7, 11) is 2.33. The van der Waals surface area contributed by atoms with E-state index >= 15 is 0 Å². The van der Waals surface area contributed by atoms with Gasteiger partial charge in [-0.2, -0.15) is 0 Å². The van der Waals surface area contributed by atoms with E-state index in [1.165, 1.54) is 25.1 Å². The Balaban J connectivity index is 2.38. The molecule has 0 aromatic carbocycles. The molecule has 2 rings (SSSR count). The number of hydrogen-bond donors (Lipinski definition) is 2. The number of methoxy groups -OCH3 is 2. The van der Waals surface area contributed by atoms with Crippen molar-refractivity contribution in [2.24, 2.45) is 0 Å². The van der Waals surface area contributed by atoms with Crippen molar-refractivity contribution >= 4 is 11.9 Å². The first-order valence-electron chi connectivity index (χ1n) is 6.21. The third-order valence-corrected chi connectivity index (χ3v) is 3.25. The first-order chi connectivity index (χ1) is 10.0. The normalized spacial score (nSPS) is 24.9. The van der Waals surface area contributed by atoms with Gasteiger partial charge >= 0.3 is 11.9 Å². The van der Waals surface area contributed by atoms with Crippen LogP contribution >= 0.6 is 0 Å². The van der Waals surface area contributed by atoms with Gasteiger partial charge < -0.3 is 24.4 Å². The largest absolute Gasteiger partial charge is 0.464 e. The molecule has 0 unspecified atom stereocenters. The predicted molar refractivity (Wildman–Crippen MR) is 66.5 cm³/mol. The maximum atomic E-state index is 11.9. The Morgan fingerprint density at radius 2 is 2.10 bits per heavy atom. The van der Waals surface area contributed by atoms with Gasteiger partial charge in [0.1, 0.15) is 12.3 Å². The van der Waals surface area contributed by atoms with Gasteiger partial charge in [-0.3, -0.25) is 4.57 Å². The molecule has 1 aromatic heterocycles. The van der Waals surface area contributed by atoms with E-state index in [0.29, 0.717) is 0 Å². The topological polar surface area (TPSA) is 120 Å². The molecule has 0 radical (unpaired) electrons. The second-order valence-electron chi connectivity index (χ2n) is 4.45. The second kappa shape index (κ2) is 6.20. The van der Waals surface area contributed by atoms with E-state index in [9.17, 15) is 14.7 Å². The summed E-state index contributed by atoms with van der Waals surface area (Å²) in [6.45, 7) is -0.357. The molecule has 21 heavy (non-hydrogen) atoms. The van der Waals surface area contributed by atoms with Crippen LogP contribution in [0.25, 0.3) is 0 Å². The third kappa shape index (κ3) is 2.75. The highest BCUT2D eigenvalue weighted by Gasteiger charge is 2.37. The van der Waals surface area contributed by atoms with Crippen molar-refractivity contribution in [1.29, 1.82) is 0 Å². The van der Waals surface area contributed by atoms with E-state index in [4.69, 9.17) is 9.84 Å². The lowest BCUT2D eigenvalue weighted by Crippen LogP contribution is -2.24. The molecule has 0 amide bonds. The van der Waals surface area contributed by atoms with Gasteiger partial charge in [-0.15, -0.1) is 0 Å². The lowest BCUT2D eigenvalue weighted by molar-refractivity contribution is -0.0453. The monoisotopic (exact) mass is 300 g/mol. The molecule has 1 saturated heterocycles. The van der Waals surface area contributed by atoms with Gasteiger partial charge in [0.15, 0.2) is 11.4 Å². The highest BCUT2D eigenvalue weighted by atomic mass is 16.5. The molecule has 9 nitrogen and oxygen atoms in total. The Hall–Kier alpha value is -1.97. The first kappa shape index (κ1) is 15.4. The Kier molecular flexibility index (Phi) is 4.56. The second-order valence-corrected chi connectivity index (χ2v) is 4.45. The SMILES string of the molecule is COC(=O)c1ncn([C@@H]2C[C@@H](O)[C@H](CO)O2)c1C(=O)OC. The summed E-state index contributed by atoms with van der Waals surface area (Å²) in [6.07, 6.45) is -1.00. The van der Waals surface area contributed by atoms with Crippen LogP contribution < -0.4 is 0 Å². The van der Waals surface area contributed by atoms with E-state index in [1.54, 1.807) is 0 Å². The molecular weight excluding hydrogens is 284 g/mol. The highest BCUT2D eigenvalue weighted by Crippen LogP contribution is 2.30. The van der Waals surface area contributed by atoms with Crippen molar-refractivity contribution in [2.45, 2.75) is 24.9 Å². The number of hydrogen-bond acceptors (Lipinski definition) is 8. The van der Waals surface area contributed by atoms with Crippen LogP contribution in [-0.2, 0) is 14.2 Å². The zero-order valence-electron chi connectivity index (χ0n) is 11.6. The van der Waals surface area contributed by atoms with Gasteiger partial charge in [-0.1, -0.05) is 0 Å².